The fraction of sp³-hybridized carbons (Fsp3) is 1.00. The van der Waals surface area contributed by atoms with Crippen molar-refractivity contribution in [1.29, 1.82) is 0 Å². The molecule has 124 valence electrons. The molecule has 1 atom stereocenters. The molecule has 0 amide bonds. The molecule has 2 heteroatoms. The third kappa shape index (κ3) is 3.32. The minimum Gasteiger partial charge on any atom is -0.329 e. The fourth-order valence-corrected chi connectivity index (χ4v) is 4.91. The van der Waals surface area contributed by atoms with Gasteiger partial charge in [-0.2, -0.15) is 0 Å². The third-order valence-corrected chi connectivity index (χ3v) is 6.99. The molecule has 1 unspecified atom stereocenters. The lowest BCUT2D eigenvalue weighted by atomic mass is 9.65. The van der Waals surface area contributed by atoms with Gasteiger partial charge in [-0.25, -0.2) is 0 Å². The van der Waals surface area contributed by atoms with Crippen molar-refractivity contribution in [1.82, 2.24) is 4.90 Å². The average molecular weight is 295 g/mol. The van der Waals surface area contributed by atoms with E-state index in [-0.39, 0.29) is 0 Å². The Labute approximate surface area is 132 Å². The summed E-state index contributed by atoms with van der Waals surface area (Å²) < 4.78 is 0. The Balaban J connectivity index is 2.08. The Morgan fingerprint density at radius 1 is 1.19 bits per heavy atom. The van der Waals surface area contributed by atoms with Crippen molar-refractivity contribution in [3.63, 3.8) is 0 Å². The van der Waals surface area contributed by atoms with Gasteiger partial charge in [0.25, 0.3) is 0 Å². The zero-order valence-corrected chi connectivity index (χ0v) is 15.1. The maximum atomic E-state index is 6.33. The quantitative estimate of drug-likeness (QED) is 0.812. The largest absolute Gasteiger partial charge is 0.329 e. The number of rotatable bonds is 5. The summed E-state index contributed by atoms with van der Waals surface area (Å²) in [5.74, 6) is 1.66. The van der Waals surface area contributed by atoms with E-state index in [0.717, 1.165) is 24.4 Å². The van der Waals surface area contributed by atoms with Gasteiger partial charge in [0.1, 0.15) is 0 Å². The van der Waals surface area contributed by atoms with Crippen LogP contribution in [0.1, 0.15) is 79.6 Å². The summed E-state index contributed by atoms with van der Waals surface area (Å²) >= 11 is 0. The first-order chi connectivity index (χ1) is 9.86. The van der Waals surface area contributed by atoms with Crippen molar-refractivity contribution in [2.75, 3.05) is 13.1 Å². The first-order valence-electron chi connectivity index (χ1n) is 9.33. The van der Waals surface area contributed by atoms with Gasteiger partial charge in [0.05, 0.1) is 0 Å². The second-order valence-electron chi connectivity index (χ2n) is 8.69. The molecule has 0 spiro atoms. The fourth-order valence-electron chi connectivity index (χ4n) is 4.91. The van der Waals surface area contributed by atoms with E-state index in [1.54, 1.807) is 0 Å². The van der Waals surface area contributed by atoms with Gasteiger partial charge < -0.3 is 5.73 Å². The van der Waals surface area contributed by atoms with Crippen LogP contribution in [0, 0.1) is 17.3 Å². The maximum Gasteiger partial charge on any atom is 0.0335 e. The second kappa shape index (κ2) is 6.58. The first-order valence-corrected chi connectivity index (χ1v) is 9.33. The predicted octanol–water partition coefficient (Wildman–Crippen LogP) is 4.43. The van der Waals surface area contributed by atoms with Gasteiger partial charge in [0.2, 0.25) is 0 Å². The van der Waals surface area contributed by atoms with Crippen molar-refractivity contribution >= 4 is 0 Å². The van der Waals surface area contributed by atoms with Gasteiger partial charge in [-0.15, -0.1) is 0 Å². The number of nitrogens with two attached hydrogens (primary N) is 1. The van der Waals surface area contributed by atoms with Crippen LogP contribution in [0.15, 0.2) is 0 Å². The number of hydrogen-bond acceptors (Lipinski definition) is 2. The predicted molar refractivity (Wildman–Crippen MR) is 92.4 cm³/mol. The Bertz CT molecular complexity index is 326. The van der Waals surface area contributed by atoms with E-state index in [1.165, 1.54) is 51.5 Å². The van der Waals surface area contributed by atoms with Crippen LogP contribution in [-0.2, 0) is 0 Å². The molecule has 21 heavy (non-hydrogen) atoms. The number of hydrogen-bond donors (Lipinski definition) is 1. The molecule has 1 aliphatic heterocycles. The van der Waals surface area contributed by atoms with Gasteiger partial charge in [-0.05, 0) is 62.3 Å². The van der Waals surface area contributed by atoms with Crippen LogP contribution in [0.2, 0.25) is 0 Å². The normalized spacial score (nSPS) is 35.6. The number of nitrogens with zero attached hydrogens (tertiary/aromatic N) is 1. The highest BCUT2D eigenvalue weighted by Gasteiger charge is 2.46. The molecule has 0 aromatic rings. The molecule has 0 aromatic heterocycles. The molecule has 1 heterocycles. The topological polar surface area (TPSA) is 29.3 Å². The van der Waals surface area contributed by atoms with Crippen molar-refractivity contribution in [2.45, 2.75) is 91.1 Å². The minimum absolute atomic E-state index is 0.311. The molecular formula is C19H38N2. The Hall–Kier alpha value is -0.0800. The van der Waals surface area contributed by atoms with Crippen LogP contribution in [0.5, 0.6) is 0 Å². The van der Waals surface area contributed by atoms with E-state index >= 15 is 0 Å². The monoisotopic (exact) mass is 294 g/mol. The zero-order valence-electron chi connectivity index (χ0n) is 15.1. The van der Waals surface area contributed by atoms with Crippen molar-refractivity contribution in [3.05, 3.63) is 0 Å². The second-order valence-corrected chi connectivity index (χ2v) is 8.69. The molecule has 1 aliphatic carbocycles. The third-order valence-electron chi connectivity index (χ3n) is 6.99. The van der Waals surface area contributed by atoms with Crippen LogP contribution in [0.4, 0.5) is 0 Å². The van der Waals surface area contributed by atoms with Gasteiger partial charge in [0, 0.05) is 18.1 Å². The van der Waals surface area contributed by atoms with E-state index in [0.29, 0.717) is 11.0 Å². The molecule has 2 rings (SSSR count). The Morgan fingerprint density at radius 2 is 1.81 bits per heavy atom. The summed E-state index contributed by atoms with van der Waals surface area (Å²) in [5.41, 5.74) is 7.14. The van der Waals surface area contributed by atoms with E-state index in [4.69, 9.17) is 5.73 Å². The van der Waals surface area contributed by atoms with E-state index in [9.17, 15) is 0 Å². The first kappa shape index (κ1) is 17.3. The SMILES string of the molecule is CCC(C)(C)C1CCC(CN)(N2CCCC2C(C)C)CC1. The molecule has 0 radical (unpaired) electrons. The average Bonchev–Trinajstić information content (AvgIpc) is 2.97. The summed E-state index contributed by atoms with van der Waals surface area (Å²) in [6.45, 7) is 14.2. The summed E-state index contributed by atoms with van der Waals surface area (Å²) in [6, 6.07) is 0.768. The molecular weight excluding hydrogens is 256 g/mol. The van der Waals surface area contributed by atoms with Crippen LogP contribution in [0.25, 0.3) is 0 Å². The highest BCUT2D eigenvalue weighted by atomic mass is 15.3. The maximum absolute atomic E-state index is 6.33. The minimum atomic E-state index is 0.311. The zero-order chi connectivity index (χ0) is 15.7. The smallest absolute Gasteiger partial charge is 0.0335 e. The van der Waals surface area contributed by atoms with Crippen molar-refractivity contribution in [2.24, 2.45) is 23.0 Å². The Morgan fingerprint density at radius 3 is 2.29 bits per heavy atom. The molecule has 0 bridgehead atoms. The molecule has 1 saturated heterocycles. The lowest BCUT2D eigenvalue weighted by molar-refractivity contribution is -0.00176. The molecule has 2 N–H and O–H groups in total. The van der Waals surface area contributed by atoms with Crippen molar-refractivity contribution < 1.29 is 0 Å². The van der Waals surface area contributed by atoms with Gasteiger partial charge >= 0.3 is 0 Å². The summed E-state index contributed by atoms with van der Waals surface area (Å²) in [6.07, 6.45) is 9.43. The van der Waals surface area contributed by atoms with Crippen LogP contribution in [-0.4, -0.2) is 29.6 Å². The molecule has 2 fully saturated rings. The van der Waals surface area contributed by atoms with Gasteiger partial charge in [0.15, 0.2) is 0 Å². The Kier molecular flexibility index (Phi) is 5.41. The molecule has 2 aliphatic rings. The van der Waals surface area contributed by atoms with Crippen LogP contribution >= 0.6 is 0 Å². The van der Waals surface area contributed by atoms with Crippen molar-refractivity contribution in [3.8, 4) is 0 Å². The summed E-state index contributed by atoms with van der Waals surface area (Å²) in [5, 5.41) is 0. The lowest BCUT2D eigenvalue weighted by Gasteiger charge is -2.51. The molecule has 1 saturated carbocycles. The van der Waals surface area contributed by atoms with E-state index < -0.39 is 0 Å². The highest BCUT2D eigenvalue weighted by molar-refractivity contribution is 5.02. The molecule has 2 nitrogen and oxygen atoms in total. The standard InChI is InChI=1S/C19H38N2/c1-6-18(4,5)16-9-11-19(14-20,12-10-16)21-13-7-8-17(21)15(2)3/h15-17H,6-14,20H2,1-5H3. The van der Waals surface area contributed by atoms with E-state index in [2.05, 4.69) is 39.5 Å². The summed E-state index contributed by atoms with van der Waals surface area (Å²) in [7, 11) is 0. The summed E-state index contributed by atoms with van der Waals surface area (Å²) in [4.78, 5) is 2.83. The lowest BCUT2D eigenvalue weighted by Crippen LogP contribution is -2.58. The molecule has 0 aromatic carbocycles. The van der Waals surface area contributed by atoms with Crippen LogP contribution in [0.3, 0.4) is 0 Å². The highest BCUT2D eigenvalue weighted by Crippen LogP contribution is 2.47. The van der Waals surface area contributed by atoms with Gasteiger partial charge in [-0.3, -0.25) is 4.90 Å². The van der Waals surface area contributed by atoms with E-state index in [1.807, 2.05) is 0 Å². The van der Waals surface area contributed by atoms with Gasteiger partial charge in [-0.1, -0.05) is 41.0 Å². The van der Waals surface area contributed by atoms with Crippen LogP contribution < -0.4 is 5.73 Å². The number of likely N-dealkylation sites (tertiary alicyclic amines) is 1.